The maximum Gasteiger partial charge on any atom is 0.0540 e. The Morgan fingerprint density at radius 3 is 1.29 bits per heavy atom. The summed E-state index contributed by atoms with van der Waals surface area (Å²) < 4.78 is 0. The second-order valence-electron chi connectivity index (χ2n) is 22.0. The van der Waals surface area contributed by atoms with E-state index in [0.717, 1.165) is 34.1 Å². The first-order chi connectivity index (χ1) is 37.7. The summed E-state index contributed by atoms with van der Waals surface area (Å²) in [6, 6.07) is 95.1. The zero-order valence-electron chi connectivity index (χ0n) is 43.6. The van der Waals surface area contributed by atoms with Gasteiger partial charge in [-0.05, 0) is 156 Å². The molecule has 12 aromatic rings. The highest BCUT2D eigenvalue weighted by atomic mass is 32.2. The Bertz CT molecular complexity index is 4380. The van der Waals surface area contributed by atoms with Gasteiger partial charge >= 0.3 is 0 Å². The van der Waals surface area contributed by atoms with Crippen molar-refractivity contribution in [1.29, 1.82) is 0 Å². The molecule has 0 saturated heterocycles. The highest BCUT2D eigenvalue weighted by Gasteiger charge is 2.38. The number of hydrogen-bond donors (Lipinski definition) is 0. The van der Waals surface area contributed by atoms with Gasteiger partial charge in [0.05, 0.1) is 11.4 Å². The predicted octanol–water partition coefficient (Wildman–Crippen LogP) is 21.0. The van der Waals surface area contributed by atoms with Crippen molar-refractivity contribution >= 4 is 67.4 Å². The van der Waals surface area contributed by atoms with Crippen molar-refractivity contribution in [3.63, 3.8) is 0 Å². The minimum absolute atomic E-state index is 0.138. The van der Waals surface area contributed by atoms with Crippen LogP contribution >= 0.6 is 11.8 Å². The van der Waals surface area contributed by atoms with Crippen molar-refractivity contribution < 1.29 is 0 Å². The largest absolute Gasteiger partial charge is 0.310 e. The molecule has 0 saturated carbocycles. The maximum atomic E-state index is 2.49. The molecule has 0 spiro atoms. The zero-order valence-corrected chi connectivity index (χ0v) is 44.4. The predicted molar refractivity (Wildman–Crippen MR) is 326 cm³/mol. The molecular weight excluding hydrogens is 949 g/mol. The van der Waals surface area contributed by atoms with Crippen LogP contribution in [0.15, 0.2) is 265 Å². The molecule has 77 heavy (non-hydrogen) atoms. The molecule has 0 bridgehead atoms. The van der Waals surface area contributed by atoms with Crippen molar-refractivity contribution in [3.8, 4) is 55.6 Å². The number of nitrogens with zero attached hydrogens (tertiary/aromatic N) is 2. The fraction of sp³-hybridized carbons (Fsp3) is 0.0811. The van der Waals surface area contributed by atoms with Gasteiger partial charge in [0.15, 0.2) is 0 Å². The minimum atomic E-state index is -0.141. The monoisotopic (exact) mass is 1000 g/mol. The molecule has 1 heterocycles. The topological polar surface area (TPSA) is 6.48 Å². The quantitative estimate of drug-likeness (QED) is 0.140. The molecule has 3 heteroatoms. The molecule has 0 radical (unpaired) electrons. The molecule has 0 unspecified atom stereocenters. The van der Waals surface area contributed by atoms with Gasteiger partial charge in [-0.15, -0.1) is 0 Å². The van der Waals surface area contributed by atoms with Crippen molar-refractivity contribution in [2.24, 2.45) is 0 Å². The Balaban J connectivity index is 0.881. The van der Waals surface area contributed by atoms with Crippen LogP contribution in [0, 0.1) is 0 Å². The van der Waals surface area contributed by atoms with E-state index in [4.69, 9.17) is 0 Å². The van der Waals surface area contributed by atoms with Crippen LogP contribution in [-0.4, -0.2) is 0 Å². The smallest absolute Gasteiger partial charge is 0.0540 e. The lowest BCUT2D eigenvalue weighted by molar-refractivity contribution is 0.660. The molecule has 1 aliphatic heterocycles. The molecule has 2 aliphatic carbocycles. The third kappa shape index (κ3) is 7.03. The van der Waals surface area contributed by atoms with Crippen LogP contribution in [0.1, 0.15) is 49.9 Å². The third-order valence-corrected chi connectivity index (χ3v) is 18.1. The molecule has 366 valence electrons. The van der Waals surface area contributed by atoms with Gasteiger partial charge in [-0.1, -0.05) is 221 Å². The van der Waals surface area contributed by atoms with E-state index in [0.29, 0.717) is 0 Å². The first kappa shape index (κ1) is 45.5. The van der Waals surface area contributed by atoms with Crippen LogP contribution in [0.2, 0.25) is 0 Å². The average Bonchev–Trinajstić information content (AvgIpc) is 3.89. The van der Waals surface area contributed by atoms with Gasteiger partial charge in [0, 0.05) is 59.9 Å². The fourth-order valence-corrected chi connectivity index (χ4v) is 14.4. The Morgan fingerprint density at radius 1 is 0.286 bits per heavy atom. The van der Waals surface area contributed by atoms with Gasteiger partial charge in [-0.25, -0.2) is 0 Å². The zero-order chi connectivity index (χ0) is 51.6. The first-order valence-corrected chi connectivity index (χ1v) is 27.7. The van der Waals surface area contributed by atoms with Crippen LogP contribution in [0.25, 0.3) is 77.2 Å². The highest BCUT2D eigenvalue weighted by Crippen LogP contribution is 2.56. The second kappa shape index (κ2) is 17.3. The molecular formula is C74H54N2S. The van der Waals surface area contributed by atoms with Gasteiger partial charge in [0.25, 0.3) is 0 Å². The standard InChI is InChI=1S/C74H54N2S/c1-73(2)64-29-15-11-26-56(64)58-39-36-51(44-66(58)73)75(68-31-17-13-24-54(68)47-20-7-5-8-21-47)50-35-34-49-42-63-60-41-38-53(46-71(60)77-70-33-19-28-61(72(63)70)62(49)43-50)76(69-32-18-14-25-55(69)48-22-9-6-10-23-48)52-37-40-59-57-27-12-16-30-65(57)74(3,4)67(59)45-52/h5-46H,1-4H3. The summed E-state index contributed by atoms with van der Waals surface area (Å²) in [6.07, 6.45) is 0. The van der Waals surface area contributed by atoms with E-state index in [2.05, 4.69) is 292 Å². The molecule has 0 amide bonds. The molecule has 2 nitrogen and oxygen atoms in total. The average molecular weight is 1000 g/mol. The fourth-order valence-electron chi connectivity index (χ4n) is 13.3. The molecule has 0 aromatic heterocycles. The Kier molecular flexibility index (Phi) is 10.2. The number of benzene rings is 12. The molecule has 12 aromatic carbocycles. The van der Waals surface area contributed by atoms with Gasteiger partial charge in [0.2, 0.25) is 0 Å². The lowest BCUT2D eigenvalue weighted by Gasteiger charge is -2.31. The summed E-state index contributed by atoms with van der Waals surface area (Å²) in [7, 11) is 0. The van der Waals surface area contributed by atoms with E-state index in [1.165, 1.54) is 109 Å². The summed E-state index contributed by atoms with van der Waals surface area (Å²) in [4.78, 5) is 7.50. The maximum absolute atomic E-state index is 2.49. The van der Waals surface area contributed by atoms with Gasteiger partial charge < -0.3 is 9.80 Å². The Morgan fingerprint density at radius 2 is 0.727 bits per heavy atom. The minimum Gasteiger partial charge on any atom is -0.310 e. The number of rotatable bonds is 8. The number of para-hydroxylation sites is 2. The summed E-state index contributed by atoms with van der Waals surface area (Å²) in [5, 5.41) is 5.03. The van der Waals surface area contributed by atoms with Crippen LogP contribution < -0.4 is 9.80 Å². The van der Waals surface area contributed by atoms with Gasteiger partial charge in [-0.3, -0.25) is 0 Å². The van der Waals surface area contributed by atoms with Crippen molar-refractivity contribution in [2.75, 3.05) is 9.80 Å². The Hall–Kier alpha value is -8.89. The highest BCUT2D eigenvalue weighted by molar-refractivity contribution is 7.99. The second-order valence-corrected chi connectivity index (χ2v) is 23.1. The molecule has 0 atom stereocenters. The van der Waals surface area contributed by atoms with Crippen molar-refractivity contribution in [1.82, 2.24) is 0 Å². The van der Waals surface area contributed by atoms with E-state index in [9.17, 15) is 0 Å². The lowest BCUT2D eigenvalue weighted by atomic mass is 9.82. The summed E-state index contributed by atoms with van der Waals surface area (Å²) in [5.74, 6) is 0. The van der Waals surface area contributed by atoms with Crippen molar-refractivity contribution in [2.45, 2.75) is 48.3 Å². The SMILES string of the molecule is CC1(C)c2ccccc2-c2ccc(N(c3ccc4c(c3)Sc3cccc5c3c-4cc3ccc(N(c4ccc6c(c4)C(C)(C)c4ccccc4-6)c4ccccc4-c4ccccc4)cc35)c3ccccc3-c3ccccc3)cc21. The molecule has 0 fully saturated rings. The van der Waals surface area contributed by atoms with Crippen molar-refractivity contribution in [3.05, 3.63) is 277 Å². The molecule has 3 aliphatic rings. The summed E-state index contributed by atoms with van der Waals surface area (Å²) in [5.41, 5.74) is 24.6. The molecule has 15 rings (SSSR count). The van der Waals surface area contributed by atoms with E-state index in [1.807, 2.05) is 11.8 Å². The Labute approximate surface area is 455 Å². The first-order valence-electron chi connectivity index (χ1n) is 26.9. The summed E-state index contributed by atoms with van der Waals surface area (Å²) >= 11 is 1.89. The van der Waals surface area contributed by atoms with E-state index in [1.54, 1.807) is 0 Å². The van der Waals surface area contributed by atoms with Gasteiger partial charge in [-0.2, -0.15) is 0 Å². The molecule has 0 N–H and O–H groups in total. The van der Waals surface area contributed by atoms with Crippen LogP contribution in [0.4, 0.5) is 34.1 Å². The van der Waals surface area contributed by atoms with Crippen LogP contribution in [-0.2, 0) is 10.8 Å². The number of anilines is 6. The summed E-state index contributed by atoms with van der Waals surface area (Å²) in [6.45, 7) is 9.49. The lowest BCUT2D eigenvalue weighted by Crippen LogP contribution is -2.17. The van der Waals surface area contributed by atoms with E-state index in [-0.39, 0.29) is 10.8 Å². The number of hydrogen-bond acceptors (Lipinski definition) is 3. The number of fused-ring (bicyclic) bond motifs is 10. The van der Waals surface area contributed by atoms with E-state index >= 15 is 0 Å². The van der Waals surface area contributed by atoms with Crippen LogP contribution in [0.5, 0.6) is 0 Å². The van der Waals surface area contributed by atoms with Gasteiger partial charge in [0.1, 0.15) is 0 Å². The normalized spacial score (nSPS) is 13.9. The van der Waals surface area contributed by atoms with E-state index < -0.39 is 0 Å². The third-order valence-electron chi connectivity index (χ3n) is 17.0. The van der Waals surface area contributed by atoms with Crippen LogP contribution in [0.3, 0.4) is 0 Å².